The van der Waals surface area contributed by atoms with Crippen molar-refractivity contribution in [2.75, 3.05) is 6.54 Å². The van der Waals surface area contributed by atoms with Gasteiger partial charge in [0.05, 0.1) is 0 Å². The van der Waals surface area contributed by atoms with Crippen LogP contribution in [0.4, 0.5) is 0 Å². The van der Waals surface area contributed by atoms with Gasteiger partial charge in [-0.15, -0.1) is 0 Å². The van der Waals surface area contributed by atoms with Crippen LogP contribution in [0.1, 0.15) is 26.2 Å². The molecule has 0 saturated carbocycles. The van der Waals surface area contributed by atoms with Crippen LogP contribution in [-0.4, -0.2) is 29.6 Å². The molecule has 0 aromatic heterocycles. The number of aliphatic carboxylic acids is 1. The van der Waals surface area contributed by atoms with E-state index in [1.54, 1.807) is 13.0 Å². The first-order chi connectivity index (χ1) is 7.07. The van der Waals surface area contributed by atoms with Crippen LogP contribution in [0.2, 0.25) is 0 Å². The van der Waals surface area contributed by atoms with Crippen molar-refractivity contribution in [3.63, 3.8) is 0 Å². The third kappa shape index (κ3) is 7.69. The summed E-state index contributed by atoms with van der Waals surface area (Å²) in [4.78, 5) is 21.3. The van der Waals surface area contributed by atoms with Crippen molar-refractivity contribution in [2.24, 2.45) is 5.73 Å². The fraction of sp³-hybridized carbons (Fsp3) is 0.600. The Labute approximate surface area is 89.3 Å². The van der Waals surface area contributed by atoms with Gasteiger partial charge in [-0.1, -0.05) is 6.08 Å². The maximum Gasteiger partial charge on any atom is 0.320 e. The van der Waals surface area contributed by atoms with E-state index >= 15 is 0 Å². The van der Waals surface area contributed by atoms with Gasteiger partial charge in [-0.3, -0.25) is 9.59 Å². The van der Waals surface area contributed by atoms with Crippen molar-refractivity contribution in [1.29, 1.82) is 0 Å². The minimum atomic E-state index is -0.979. The van der Waals surface area contributed by atoms with E-state index in [-0.39, 0.29) is 5.91 Å². The molecule has 0 aromatic rings. The zero-order valence-corrected chi connectivity index (χ0v) is 8.90. The Morgan fingerprint density at radius 3 is 2.67 bits per heavy atom. The quantitative estimate of drug-likeness (QED) is 0.418. The number of carbonyl (C=O) groups excluding carboxylic acids is 1. The standard InChI is InChI=1S/C10H18N2O3/c1-2-5-9(13)12-7-4-3-6-8(11)10(14)15/h2,5,8H,3-4,6-7,11H2,1H3,(H,12,13)(H,14,15)/b5-2+/t8-/m1/s1. The summed E-state index contributed by atoms with van der Waals surface area (Å²) in [6.07, 6.45) is 4.99. The molecule has 86 valence electrons. The summed E-state index contributed by atoms with van der Waals surface area (Å²) >= 11 is 0. The highest BCUT2D eigenvalue weighted by Crippen LogP contribution is 1.98. The van der Waals surface area contributed by atoms with Crippen LogP contribution in [0.25, 0.3) is 0 Å². The second kappa shape index (κ2) is 7.99. The maximum absolute atomic E-state index is 10.9. The Bertz CT molecular complexity index is 239. The highest BCUT2D eigenvalue weighted by Gasteiger charge is 2.09. The molecule has 15 heavy (non-hydrogen) atoms. The monoisotopic (exact) mass is 214 g/mol. The molecule has 0 aromatic carbocycles. The van der Waals surface area contributed by atoms with Crippen LogP contribution in [0.15, 0.2) is 12.2 Å². The number of amides is 1. The van der Waals surface area contributed by atoms with E-state index in [1.807, 2.05) is 0 Å². The Balaban J connectivity index is 3.40. The van der Waals surface area contributed by atoms with Crippen LogP contribution in [-0.2, 0) is 9.59 Å². The van der Waals surface area contributed by atoms with Crippen LogP contribution < -0.4 is 11.1 Å². The molecule has 0 spiro atoms. The molecule has 4 N–H and O–H groups in total. The van der Waals surface area contributed by atoms with Gasteiger partial charge in [-0.05, 0) is 32.3 Å². The number of carboxylic acids is 1. The topological polar surface area (TPSA) is 92.4 Å². The van der Waals surface area contributed by atoms with Crippen molar-refractivity contribution in [3.05, 3.63) is 12.2 Å². The minimum absolute atomic E-state index is 0.125. The summed E-state index contributed by atoms with van der Waals surface area (Å²) in [5.74, 6) is -1.10. The van der Waals surface area contributed by atoms with Gasteiger partial charge in [0.15, 0.2) is 0 Å². The van der Waals surface area contributed by atoms with Crippen molar-refractivity contribution >= 4 is 11.9 Å². The predicted octanol–water partition coefficient (Wildman–Crippen LogP) is 0.261. The first-order valence-electron chi connectivity index (χ1n) is 4.97. The molecule has 0 bridgehead atoms. The summed E-state index contributed by atoms with van der Waals surface area (Å²) in [6.45, 7) is 2.32. The van der Waals surface area contributed by atoms with Crippen LogP contribution in [0, 0.1) is 0 Å². The van der Waals surface area contributed by atoms with Crippen molar-refractivity contribution < 1.29 is 14.7 Å². The second-order valence-corrected chi connectivity index (χ2v) is 3.23. The molecule has 0 aliphatic heterocycles. The molecular formula is C10H18N2O3. The smallest absolute Gasteiger partial charge is 0.320 e. The van der Waals surface area contributed by atoms with E-state index in [0.29, 0.717) is 19.4 Å². The van der Waals surface area contributed by atoms with Gasteiger partial charge < -0.3 is 16.2 Å². The summed E-state index contributed by atoms with van der Waals surface area (Å²) in [7, 11) is 0. The fourth-order valence-electron chi connectivity index (χ4n) is 1.03. The number of allylic oxidation sites excluding steroid dienone is 1. The number of hydrogen-bond donors (Lipinski definition) is 3. The Morgan fingerprint density at radius 1 is 1.47 bits per heavy atom. The van der Waals surface area contributed by atoms with E-state index < -0.39 is 12.0 Å². The van der Waals surface area contributed by atoms with Gasteiger partial charge in [0.2, 0.25) is 5.91 Å². The Hall–Kier alpha value is -1.36. The summed E-state index contributed by atoms with van der Waals surface area (Å²) in [5, 5.41) is 11.2. The molecule has 0 aliphatic carbocycles. The van der Waals surface area contributed by atoms with Gasteiger partial charge in [0.1, 0.15) is 6.04 Å². The molecule has 0 radical (unpaired) electrons. The predicted molar refractivity (Wildman–Crippen MR) is 57.3 cm³/mol. The summed E-state index contributed by atoms with van der Waals surface area (Å²) in [5.41, 5.74) is 5.31. The number of unbranched alkanes of at least 4 members (excludes halogenated alkanes) is 1. The molecule has 0 heterocycles. The van der Waals surface area contributed by atoms with E-state index in [4.69, 9.17) is 10.8 Å². The number of carbonyl (C=O) groups is 2. The van der Waals surface area contributed by atoms with Crippen LogP contribution >= 0.6 is 0 Å². The lowest BCUT2D eigenvalue weighted by molar-refractivity contribution is -0.138. The fourth-order valence-corrected chi connectivity index (χ4v) is 1.03. The normalized spacial score (nSPS) is 12.7. The Morgan fingerprint density at radius 2 is 2.13 bits per heavy atom. The molecule has 5 nitrogen and oxygen atoms in total. The molecular weight excluding hydrogens is 196 g/mol. The highest BCUT2D eigenvalue weighted by molar-refractivity contribution is 5.87. The van der Waals surface area contributed by atoms with Gasteiger partial charge in [0, 0.05) is 6.54 Å². The maximum atomic E-state index is 10.9. The SMILES string of the molecule is C/C=C/C(=O)NCCCC[C@@H](N)C(=O)O. The molecule has 0 fully saturated rings. The minimum Gasteiger partial charge on any atom is -0.480 e. The second-order valence-electron chi connectivity index (χ2n) is 3.23. The molecule has 1 amide bonds. The van der Waals surface area contributed by atoms with Gasteiger partial charge in [-0.2, -0.15) is 0 Å². The summed E-state index contributed by atoms with van der Waals surface area (Å²) < 4.78 is 0. The lowest BCUT2D eigenvalue weighted by Gasteiger charge is -2.05. The zero-order chi connectivity index (χ0) is 11.7. The van der Waals surface area contributed by atoms with E-state index in [1.165, 1.54) is 6.08 Å². The third-order valence-electron chi connectivity index (χ3n) is 1.88. The lowest BCUT2D eigenvalue weighted by atomic mass is 10.1. The van der Waals surface area contributed by atoms with Gasteiger partial charge in [0.25, 0.3) is 0 Å². The number of carboxylic acid groups (broad SMARTS) is 1. The number of nitrogens with two attached hydrogens (primary N) is 1. The molecule has 0 aliphatic rings. The first-order valence-corrected chi connectivity index (χ1v) is 4.97. The highest BCUT2D eigenvalue weighted by atomic mass is 16.4. The molecule has 5 heteroatoms. The lowest BCUT2D eigenvalue weighted by Crippen LogP contribution is -2.30. The van der Waals surface area contributed by atoms with Gasteiger partial charge in [-0.25, -0.2) is 0 Å². The average Bonchev–Trinajstić information content (AvgIpc) is 2.17. The van der Waals surface area contributed by atoms with Crippen molar-refractivity contribution in [3.8, 4) is 0 Å². The number of rotatable bonds is 7. The average molecular weight is 214 g/mol. The van der Waals surface area contributed by atoms with E-state index in [2.05, 4.69) is 5.32 Å². The van der Waals surface area contributed by atoms with Crippen molar-refractivity contribution in [1.82, 2.24) is 5.32 Å². The van der Waals surface area contributed by atoms with Crippen molar-refractivity contribution in [2.45, 2.75) is 32.2 Å². The molecule has 0 saturated heterocycles. The number of nitrogens with one attached hydrogen (secondary N) is 1. The first kappa shape index (κ1) is 13.6. The molecule has 0 unspecified atom stereocenters. The van der Waals surface area contributed by atoms with Gasteiger partial charge >= 0.3 is 5.97 Å². The third-order valence-corrected chi connectivity index (χ3v) is 1.88. The van der Waals surface area contributed by atoms with E-state index in [9.17, 15) is 9.59 Å². The van der Waals surface area contributed by atoms with Crippen LogP contribution in [0.5, 0.6) is 0 Å². The Kier molecular flexibility index (Phi) is 7.27. The van der Waals surface area contributed by atoms with Crippen LogP contribution in [0.3, 0.4) is 0 Å². The molecule has 0 rings (SSSR count). The van der Waals surface area contributed by atoms with E-state index in [0.717, 1.165) is 6.42 Å². The summed E-state index contributed by atoms with van der Waals surface area (Å²) in [6, 6.07) is -0.795. The molecule has 1 atom stereocenters. The number of hydrogen-bond acceptors (Lipinski definition) is 3. The largest absolute Gasteiger partial charge is 0.480 e. The zero-order valence-electron chi connectivity index (χ0n) is 8.90.